The van der Waals surface area contributed by atoms with E-state index in [2.05, 4.69) is 35.4 Å². The van der Waals surface area contributed by atoms with Crippen LogP contribution in [-0.2, 0) is 4.79 Å². The standard InChI is InChI=1S/C13H15N.C11H13NO.C3H9NO/c14-10-11-6-8-13(9-7-11)12-4-2-1-3-5-12;1-8(2)10-5-4-9(3)11(6-10)12-7-13;1-4-2-3-5/h6-9,12H,1-5H2;4-7H,1H2,2-3H3,(H,12,13);4-5H,2-3H2,1H3. The molecule has 0 spiro atoms. The van der Waals surface area contributed by atoms with E-state index in [4.69, 9.17) is 10.4 Å². The molecule has 3 rings (SSSR count). The number of likely N-dealkylation sites (N-methyl/N-ethyl adjacent to an activating group) is 1. The third kappa shape index (κ3) is 9.91. The van der Waals surface area contributed by atoms with Crippen molar-refractivity contribution in [1.29, 1.82) is 5.26 Å². The zero-order valence-electron chi connectivity index (χ0n) is 19.7. The molecule has 172 valence electrons. The molecule has 0 radical (unpaired) electrons. The van der Waals surface area contributed by atoms with E-state index >= 15 is 0 Å². The lowest BCUT2D eigenvalue weighted by molar-refractivity contribution is -0.105. The van der Waals surface area contributed by atoms with Gasteiger partial charge in [-0.3, -0.25) is 4.79 Å². The Morgan fingerprint density at radius 3 is 2.31 bits per heavy atom. The fraction of sp³-hybridized carbons (Fsp3) is 0.407. The van der Waals surface area contributed by atoms with Gasteiger partial charge in [-0.05, 0) is 74.5 Å². The Morgan fingerprint density at radius 1 is 1.19 bits per heavy atom. The second-order valence-electron chi connectivity index (χ2n) is 7.97. The molecule has 0 unspecified atom stereocenters. The number of aryl methyl sites for hydroxylation is 1. The van der Waals surface area contributed by atoms with E-state index in [1.807, 2.05) is 44.2 Å². The highest BCUT2D eigenvalue weighted by molar-refractivity contribution is 5.76. The monoisotopic (exact) mass is 435 g/mol. The van der Waals surface area contributed by atoms with E-state index in [1.165, 1.54) is 37.7 Å². The molecular formula is C27H37N3O2. The van der Waals surface area contributed by atoms with Gasteiger partial charge in [-0.1, -0.05) is 55.7 Å². The summed E-state index contributed by atoms with van der Waals surface area (Å²) in [5, 5.41) is 22.1. The Balaban J connectivity index is 0.000000267. The van der Waals surface area contributed by atoms with Gasteiger partial charge in [0.2, 0.25) is 6.41 Å². The molecule has 1 aliphatic carbocycles. The fourth-order valence-corrected chi connectivity index (χ4v) is 3.48. The van der Waals surface area contributed by atoms with Crippen LogP contribution in [0.2, 0.25) is 0 Å². The Kier molecular flexibility index (Phi) is 13.4. The number of nitrogens with one attached hydrogen (secondary N) is 2. The zero-order chi connectivity index (χ0) is 23.8. The molecule has 1 fully saturated rings. The van der Waals surface area contributed by atoms with Crippen LogP contribution in [0.4, 0.5) is 5.69 Å². The summed E-state index contributed by atoms with van der Waals surface area (Å²) < 4.78 is 0. The minimum atomic E-state index is 0.233. The van der Waals surface area contributed by atoms with Crippen LogP contribution in [-0.4, -0.2) is 31.7 Å². The maximum Gasteiger partial charge on any atom is 0.211 e. The molecule has 1 saturated carbocycles. The highest BCUT2D eigenvalue weighted by Gasteiger charge is 2.14. The molecule has 0 saturated heterocycles. The maximum absolute atomic E-state index is 10.3. The lowest BCUT2D eigenvalue weighted by Crippen LogP contribution is -2.10. The summed E-state index contributed by atoms with van der Waals surface area (Å²) in [5.41, 5.74) is 6.13. The molecule has 5 heteroatoms. The van der Waals surface area contributed by atoms with Gasteiger partial charge in [0.25, 0.3) is 0 Å². The third-order valence-electron chi connectivity index (χ3n) is 5.42. The molecule has 0 bridgehead atoms. The number of aliphatic hydroxyl groups excluding tert-OH is 1. The minimum absolute atomic E-state index is 0.233. The Bertz CT molecular complexity index is 861. The average Bonchev–Trinajstić information content (AvgIpc) is 2.82. The second-order valence-corrected chi connectivity index (χ2v) is 7.97. The Morgan fingerprint density at radius 2 is 1.84 bits per heavy atom. The third-order valence-corrected chi connectivity index (χ3v) is 5.42. The maximum atomic E-state index is 10.3. The number of nitriles is 1. The first-order valence-electron chi connectivity index (χ1n) is 11.2. The molecule has 2 aromatic carbocycles. The number of nitrogens with zero attached hydrogens (tertiary/aromatic N) is 1. The lowest BCUT2D eigenvalue weighted by atomic mass is 9.84. The molecule has 2 aromatic rings. The number of carbonyl (C=O) groups excluding carboxylic acids is 1. The van der Waals surface area contributed by atoms with Gasteiger partial charge in [-0.25, -0.2) is 0 Å². The van der Waals surface area contributed by atoms with Gasteiger partial charge in [0.15, 0.2) is 0 Å². The summed E-state index contributed by atoms with van der Waals surface area (Å²) >= 11 is 0. The van der Waals surface area contributed by atoms with E-state index in [-0.39, 0.29) is 6.61 Å². The van der Waals surface area contributed by atoms with Crippen molar-refractivity contribution in [3.8, 4) is 6.07 Å². The number of allylic oxidation sites excluding steroid dienone is 1. The zero-order valence-corrected chi connectivity index (χ0v) is 19.7. The van der Waals surface area contributed by atoms with Gasteiger partial charge in [0, 0.05) is 12.2 Å². The first-order valence-corrected chi connectivity index (χ1v) is 11.2. The minimum Gasteiger partial charge on any atom is -0.395 e. The summed E-state index contributed by atoms with van der Waals surface area (Å²) in [5.74, 6) is 0.747. The molecule has 32 heavy (non-hydrogen) atoms. The normalized spacial score (nSPS) is 12.8. The van der Waals surface area contributed by atoms with Crippen LogP contribution in [0.1, 0.15) is 67.2 Å². The van der Waals surface area contributed by atoms with Crippen molar-refractivity contribution in [2.75, 3.05) is 25.5 Å². The van der Waals surface area contributed by atoms with Crippen LogP contribution in [0.15, 0.2) is 49.0 Å². The Hall–Kier alpha value is -2.94. The molecule has 0 atom stereocenters. The second kappa shape index (κ2) is 15.8. The van der Waals surface area contributed by atoms with Gasteiger partial charge in [0.05, 0.1) is 18.2 Å². The van der Waals surface area contributed by atoms with Gasteiger partial charge in [-0.2, -0.15) is 5.26 Å². The van der Waals surface area contributed by atoms with Crippen LogP contribution >= 0.6 is 0 Å². The molecule has 1 aliphatic rings. The number of rotatable bonds is 6. The summed E-state index contributed by atoms with van der Waals surface area (Å²) in [6.07, 6.45) is 7.46. The molecule has 5 nitrogen and oxygen atoms in total. The molecule has 3 N–H and O–H groups in total. The van der Waals surface area contributed by atoms with Gasteiger partial charge < -0.3 is 15.7 Å². The number of hydrogen-bond donors (Lipinski definition) is 3. The van der Waals surface area contributed by atoms with E-state index in [1.54, 1.807) is 7.05 Å². The van der Waals surface area contributed by atoms with Gasteiger partial charge >= 0.3 is 0 Å². The van der Waals surface area contributed by atoms with Crippen LogP contribution in [0, 0.1) is 18.3 Å². The molecule has 0 aliphatic heterocycles. The van der Waals surface area contributed by atoms with Crippen LogP contribution in [0.25, 0.3) is 5.57 Å². The topological polar surface area (TPSA) is 85.2 Å². The van der Waals surface area contributed by atoms with Crippen molar-refractivity contribution in [2.45, 2.75) is 51.9 Å². The summed E-state index contributed by atoms with van der Waals surface area (Å²) in [6, 6.07) is 16.1. The predicted molar refractivity (Wildman–Crippen MR) is 134 cm³/mol. The van der Waals surface area contributed by atoms with E-state index in [0.29, 0.717) is 13.0 Å². The van der Waals surface area contributed by atoms with E-state index < -0.39 is 0 Å². The SMILES string of the molecule is C=C(C)c1ccc(C)c(NC=O)c1.CNCCO.N#Cc1ccc(C2CCCCC2)cc1. The summed E-state index contributed by atoms with van der Waals surface area (Å²) in [6.45, 7) is 8.66. The summed E-state index contributed by atoms with van der Waals surface area (Å²) in [7, 11) is 1.80. The van der Waals surface area contributed by atoms with Crippen LogP contribution in [0.5, 0.6) is 0 Å². The van der Waals surface area contributed by atoms with Crippen LogP contribution in [0.3, 0.4) is 0 Å². The van der Waals surface area contributed by atoms with E-state index in [0.717, 1.165) is 33.9 Å². The first kappa shape index (κ1) is 27.1. The van der Waals surface area contributed by atoms with Gasteiger partial charge in [-0.15, -0.1) is 0 Å². The van der Waals surface area contributed by atoms with E-state index in [9.17, 15) is 4.79 Å². The highest BCUT2D eigenvalue weighted by Crippen LogP contribution is 2.32. The molecule has 1 amide bonds. The van der Waals surface area contributed by atoms with Crippen molar-refractivity contribution in [3.63, 3.8) is 0 Å². The van der Waals surface area contributed by atoms with Crippen molar-refractivity contribution >= 4 is 17.7 Å². The lowest BCUT2D eigenvalue weighted by Gasteiger charge is -2.21. The number of benzene rings is 2. The number of anilines is 1. The number of aliphatic hydroxyl groups is 1. The Labute approximate surface area is 193 Å². The number of carbonyl (C=O) groups is 1. The highest BCUT2D eigenvalue weighted by atomic mass is 16.3. The van der Waals surface area contributed by atoms with Crippen molar-refractivity contribution < 1.29 is 9.90 Å². The predicted octanol–water partition coefficient (Wildman–Crippen LogP) is 5.40. The van der Waals surface area contributed by atoms with Gasteiger partial charge in [0.1, 0.15) is 0 Å². The van der Waals surface area contributed by atoms with Crippen molar-refractivity contribution in [3.05, 3.63) is 71.3 Å². The molecule has 0 heterocycles. The smallest absolute Gasteiger partial charge is 0.211 e. The summed E-state index contributed by atoms with van der Waals surface area (Å²) in [4.78, 5) is 10.3. The number of amides is 1. The molecular weight excluding hydrogens is 398 g/mol. The van der Waals surface area contributed by atoms with Crippen LogP contribution < -0.4 is 10.6 Å². The first-order chi connectivity index (χ1) is 15.5. The molecule has 0 aromatic heterocycles. The largest absolute Gasteiger partial charge is 0.395 e. The average molecular weight is 436 g/mol. The van der Waals surface area contributed by atoms with Crippen molar-refractivity contribution in [2.24, 2.45) is 0 Å². The quantitative estimate of drug-likeness (QED) is 0.530. The number of hydrogen-bond acceptors (Lipinski definition) is 4. The fourth-order valence-electron chi connectivity index (χ4n) is 3.48. The van der Waals surface area contributed by atoms with Crippen molar-refractivity contribution in [1.82, 2.24) is 5.32 Å².